The van der Waals surface area contributed by atoms with Gasteiger partial charge in [-0.1, -0.05) is 60.7 Å². The monoisotopic (exact) mass is 948 g/mol. The van der Waals surface area contributed by atoms with E-state index in [0.29, 0.717) is 87.4 Å². The van der Waals surface area contributed by atoms with Crippen molar-refractivity contribution in [2.45, 2.75) is 67.3 Å². The summed E-state index contributed by atoms with van der Waals surface area (Å²) < 4.78 is 65.5. The van der Waals surface area contributed by atoms with E-state index in [0.717, 1.165) is 56.4 Å². The Morgan fingerprint density at radius 2 is 0.586 bits per heavy atom. The molecule has 7 aromatic rings. The molecule has 70 heavy (non-hydrogen) atoms. The molecule has 0 N–H and O–H groups in total. The first-order valence-electron chi connectivity index (χ1n) is 23.4. The standard InChI is InChI=1S/C58H60O12/c1-6-61-48-20-10-41(11-21-48)35-67-54-28-18-45(30-56(54)69-37-43-14-24-50(25-15-43)63-8-3)39-65-52-32-47(58(59)60-5)33-53(34-52)66-40-46-19-29-55(68-36-42-12-22-49(23-13-42)62-7-2)57(31-46)70-38-44-16-26-51(27-17-44)64-9-4/h10-34H,6-9,35-40H2,1-5H3. The van der Waals surface area contributed by atoms with Crippen LogP contribution >= 0.6 is 0 Å². The molecule has 0 aliphatic heterocycles. The fourth-order valence-corrected chi connectivity index (χ4v) is 7.09. The summed E-state index contributed by atoms with van der Waals surface area (Å²) in [6.07, 6.45) is 0. The number of ether oxygens (including phenoxy) is 11. The molecule has 12 heteroatoms. The van der Waals surface area contributed by atoms with Gasteiger partial charge in [-0.05, 0) is 146 Å². The summed E-state index contributed by atoms with van der Waals surface area (Å²) in [7, 11) is 1.33. The van der Waals surface area contributed by atoms with E-state index < -0.39 is 5.97 Å². The molecule has 0 radical (unpaired) electrons. The molecule has 0 heterocycles. The van der Waals surface area contributed by atoms with Gasteiger partial charge in [0.1, 0.15) is 74.1 Å². The first-order valence-corrected chi connectivity index (χ1v) is 23.4. The Hall–Kier alpha value is -7.99. The normalized spacial score (nSPS) is 10.7. The van der Waals surface area contributed by atoms with Crippen LogP contribution in [0.25, 0.3) is 0 Å². The lowest BCUT2D eigenvalue weighted by Crippen LogP contribution is -2.05. The third-order valence-corrected chi connectivity index (χ3v) is 10.6. The molecule has 7 rings (SSSR count). The highest BCUT2D eigenvalue weighted by molar-refractivity contribution is 5.90. The first kappa shape index (κ1) is 49.9. The van der Waals surface area contributed by atoms with Crippen LogP contribution in [0.3, 0.4) is 0 Å². The van der Waals surface area contributed by atoms with Crippen LogP contribution in [-0.2, 0) is 44.4 Å². The summed E-state index contributed by atoms with van der Waals surface area (Å²) in [4.78, 5) is 12.9. The minimum atomic E-state index is -0.534. The maximum Gasteiger partial charge on any atom is 0.338 e. The summed E-state index contributed by atoms with van der Waals surface area (Å²) in [5, 5.41) is 0. The third-order valence-electron chi connectivity index (χ3n) is 10.6. The second-order valence-electron chi connectivity index (χ2n) is 15.8. The van der Waals surface area contributed by atoms with Crippen LogP contribution in [0.15, 0.2) is 152 Å². The summed E-state index contributed by atoms with van der Waals surface area (Å²) in [6.45, 7) is 11.7. The molecule has 0 saturated carbocycles. The highest BCUT2D eigenvalue weighted by Gasteiger charge is 2.15. The van der Waals surface area contributed by atoms with E-state index in [1.54, 1.807) is 18.2 Å². The van der Waals surface area contributed by atoms with Crippen LogP contribution in [0.5, 0.6) is 57.5 Å². The van der Waals surface area contributed by atoms with Crippen molar-refractivity contribution in [1.82, 2.24) is 0 Å². The zero-order chi connectivity index (χ0) is 48.9. The number of carbonyl (C=O) groups excluding carboxylic acids is 1. The molecule has 0 aliphatic carbocycles. The molecule has 0 unspecified atom stereocenters. The van der Waals surface area contributed by atoms with Gasteiger partial charge in [0.05, 0.1) is 39.1 Å². The van der Waals surface area contributed by atoms with Crippen molar-refractivity contribution in [2.24, 2.45) is 0 Å². The van der Waals surface area contributed by atoms with Crippen LogP contribution in [0.2, 0.25) is 0 Å². The third kappa shape index (κ3) is 15.0. The first-order chi connectivity index (χ1) is 34.3. The lowest BCUT2D eigenvalue weighted by atomic mass is 10.1. The molecule has 0 fully saturated rings. The van der Waals surface area contributed by atoms with Crippen LogP contribution in [-0.4, -0.2) is 39.5 Å². The van der Waals surface area contributed by atoms with Gasteiger partial charge in [0.15, 0.2) is 23.0 Å². The molecule has 0 aromatic heterocycles. The van der Waals surface area contributed by atoms with E-state index in [9.17, 15) is 4.79 Å². The van der Waals surface area contributed by atoms with Crippen LogP contribution in [0, 0.1) is 0 Å². The molecule has 0 bridgehead atoms. The molecule has 364 valence electrons. The van der Waals surface area contributed by atoms with E-state index >= 15 is 0 Å². The highest BCUT2D eigenvalue weighted by Crippen LogP contribution is 2.34. The highest BCUT2D eigenvalue weighted by atomic mass is 16.5. The number of rotatable bonds is 27. The van der Waals surface area contributed by atoms with E-state index in [1.165, 1.54) is 7.11 Å². The second-order valence-corrected chi connectivity index (χ2v) is 15.8. The lowest BCUT2D eigenvalue weighted by Gasteiger charge is -2.16. The summed E-state index contributed by atoms with van der Waals surface area (Å²) in [5.41, 5.74) is 5.77. The van der Waals surface area contributed by atoms with Crippen LogP contribution < -0.4 is 47.4 Å². The smallest absolute Gasteiger partial charge is 0.338 e. The molecular formula is C58H60O12. The number of methoxy groups -OCH3 is 1. The quantitative estimate of drug-likeness (QED) is 0.0457. The molecule has 0 amide bonds. The second kappa shape index (κ2) is 26.0. The number of carbonyl (C=O) groups is 1. The molecule has 0 spiro atoms. The van der Waals surface area contributed by atoms with Crippen LogP contribution in [0.1, 0.15) is 71.4 Å². The minimum Gasteiger partial charge on any atom is -0.494 e. The van der Waals surface area contributed by atoms with Crippen molar-refractivity contribution >= 4 is 5.97 Å². The van der Waals surface area contributed by atoms with E-state index in [1.807, 2.05) is 161 Å². The van der Waals surface area contributed by atoms with Gasteiger partial charge in [0.2, 0.25) is 0 Å². The number of hydrogen-bond acceptors (Lipinski definition) is 12. The Balaban J connectivity index is 1.06. The number of esters is 1. The van der Waals surface area contributed by atoms with Gasteiger partial charge in [-0.3, -0.25) is 0 Å². The van der Waals surface area contributed by atoms with E-state index in [-0.39, 0.29) is 18.8 Å². The predicted octanol–water partition coefficient (Wildman–Crippen LogP) is 12.5. The zero-order valence-electron chi connectivity index (χ0n) is 40.4. The summed E-state index contributed by atoms with van der Waals surface area (Å²) in [6, 6.07) is 47.5. The van der Waals surface area contributed by atoms with Gasteiger partial charge in [-0.15, -0.1) is 0 Å². The fourth-order valence-electron chi connectivity index (χ4n) is 7.09. The van der Waals surface area contributed by atoms with Crippen LogP contribution in [0.4, 0.5) is 0 Å². The summed E-state index contributed by atoms with van der Waals surface area (Å²) >= 11 is 0. The van der Waals surface area contributed by atoms with Crippen molar-refractivity contribution in [1.29, 1.82) is 0 Å². The van der Waals surface area contributed by atoms with Crippen molar-refractivity contribution in [3.63, 3.8) is 0 Å². The zero-order valence-corrected chi connectivity index (χ0v) is 40.4. The molecule has 0 aliphatic rings. The largest absolute Gasteiger partial charge is 0.494 e. The minimum absolute atomic E-state index is 0.149. The van der Waals surface area contributed by atoms with Gasteiger partial charge in [-0.25, -0.2) is 4.79 Å². The Labute approximate surface area is 410 Å². The predicted molar refractivity (Wildman–Crippen MR) is 267 cm³/mol. The molecule has 0 saturated heterocycles. The Kier molecular flexibility index (Phi) is 18.5. The molecule has 0 atom stereocenters. The maximum absolute atomic E-state index is 12.9. The van der Waals surface area contributed by atoms with Gasteiger partial charge < -0.3 is 52.1 Å². The average Bonchev–Trinajstić information content (AvgIpc) is 3.39. The van der Waals surface area contributed by atoms with Crippen molar-refractivity contribution in [3.05, 3.63) is 191 Å². The summed E-state index contributed by atoms with van der Waals surface area (Å²) in [5.74, 6) is 5.70. The van der Waals surface area contributed by atoms with E-state index in [4.69, 9.17) is 52.1 Å². The molecule has 12 nitrogen and oxygen atoms in total. The van der Waals surface area contributed by atoms with Gasteiger partial charge in [0.25, 0.3) is 0 Å². The Bertz CT molecular complexity index is 2520. The van der Waals surface area contributed by atoms with Gasteiger partial charge in [0, 0.05) is 6.07 Å². The van der Waals surface area contributed by atoms with Crippen molar-refractivity contribution in [2.75, 3.05) is 33.5 Å². The fraction of sp³-hybridized carbons (Fsp3) is 0.259. The number of hydrogen-bond donors (Lipinski definition) is 0. The topological polar surface area (TPSA) is 119 Å². The number of benzene rings is 7. The Morgan fingerprint density at radius 3 is 0.886 bits per heavy atom. The van der Waals surface area contributed by atoms with Gasteiger partial charge in [-0.2, -0.15) is 0 Å². The molecule has 7 aromatic carbocycles. The SMILES string of the molecule is CCOc1ccc(COc2ccc(COc3cc(OCc4ccc(OCc5ccc(OCC)cc5)c(OCc5ccc(OCC)cc5)c4)cc(C(=O)OC)c3)cc2OCc2ccc(OCC)cc2)cc1. The van der Waals surface area contributed by atoms with E-state index in [2.05, 4.69) is 0 Å². The van der Waals surface area contributed by atoms with Crippen molar-refractivity contribution in [3.8, 4) is 57.5 Å². The lowest BCUT2D eigenvalue weighted by molar-refractivity contribution is 0.0599. The molecular weight excluding hydrogens is 889 g/mol. The van der Waals surface area contributed by atoms with Gasteiger partial charge >= 0.3 is 5.97 Å². The maximum atomic E-state index is 12.9. The Morgan fingerprint density at radius 1 is 0.300 bits per heavy atom. The van der Waals surface area contributed by atoms with Crippen molar-refractivity contribution < 1.29 is 56.9 Å². The average molecular weight is 949 g/mol.